The second-order valence-corrected chi connectivity index (χ2v) is 9.99. The molecule has 0 aliphatic carbocycles. The molecule has 2 aliphatic rings. The SMILES string of the molecule is COC(=O)[C@H]1C[C@@]2(N=[N+]=[N-])c3ccccc3N(C(=O)OC(C)(C)C)[C@H]2N1C(=O)OC(C)(C)C. The zero-order chi connectivity index (χ0) is 24.8. The van der Waals surface area contributed by atoms with Crippen molar-refractivity contribution in [2.45, 2.75) is 76.9 Å². The highest BCUT2D eigenvalue weighted by atomic mass is 16.6. The molecule has 0 unspecified atom stereocenters. The largest absolute Gasteiger partial charge is 0.467 e. The number of para-hydroxylation sites is 1. The van der Waals surface area contributed by atoms with Crippen LogP contribution in [0.3, 0.4) is 0 Å². The number of fused-ring (bicyclic) bond motifs is 3. The average Bonchev–Trinajstić information content (AvgIpc) is 3.14. The number of anilines is 1. The van der Waals surface area contributed by atoms with Crippen LogP contribution in [-0.2, 0) is 24.5 Å². The highest BCUT2D eigenvalue weighted by Gasteiger charge is 2.66. The van der Waals surface area contributed by atoms with Crippen molar-refractivity contribution in [3.05, 3.63) is 40.3 Å². The summed E-state index contributed by atoms with van der Waals surface area (Å²) in [5, 5.41) is 4.06. The number of amides is 2. The summed E-state index contributed by atoms with van der Waals surface area (Å²) < 4.78 is 16.1. The number of ether oxygens (including phenoxy) is 3. The lowest BCUT2D eigenvalue weighted by Gasteiger charge is -2.37. The summed E-state index contributed by atoms with van der Waals surface area (Å²) in [6.45, 7) is 10.2. The van der Waals surface area contributed by atoms with Crippen LogP contribution in [0.1, 0.15) is 53.5 Å². The molecule has 0 radical (unpaired) electrons. The van der Waals surface area contributed by atoms with E-state index in [2.05, 4.69) is 10.0 Å². The molecule has 0 saturated carbocycles. The van der Waals surface area contributed by atoms with Crippen LogP contribution in [0.2, 0.25) is 0 Å². The van der Waals surface area contributed by atoms with Crippen LogP contribution >= 0.6 is 0 Å². The summed E-state index contributed by atoms with van der Waals surface area (Å²) in [5.74, 6) is -0.718. The predicted molar refractivity (Wildman–Crippen MR) is 118 cm³/mol. The molecule has 0 bridgehead atoms. The molecule has 2 heterocycles. The Bertz CT molecular complexity index is 1020. The van der Waals surface area contributed by atoms with Gasteiger partial charge in [-0.1, -0.05) is 23.3 Å². The van der Waals surface area contributed by atoms with Gasteiger partial charge in [-0.15, -0.1) is 0 Å². The van der Waals surface area contributed by atoms with Gasteiger partial charge >= 0.3 is 18.2 Å². The van der Waals surface area contributed by atoms with Gasteiger partial charge in [-0.3, -0.25) is 9.80 Å². The van der Waals surface area contributed by atoms with E-state index < -0.39 is 47.1 Å². The van der Waals surface area contributed by atoms with Crippen LogP contribution < -0.4 is 4.90 Å². The summed E-state index contributed by atoms with van der Waals surface area (Å²) in [6, 6.07) is 5.67. The topological polar surface area (TPSA) is 134 Å². The third-order valence-electron chi connectivity index (χ3n) is 5.30. The van der Waals surface area contributed by atoms with E-state index in [1.165, 1.54) is 12.0 Å². The molecule has 11 nitrogen and oxygen atoms in total. The first-order chi connectivity index (χ1) is 15.3. The third-order valence-corrected chi connectivity index (χ3v) is 5.30. The van der Waals surface area contributed by atoms with Crippen LogP contribution in [0.15, 0.2) is 29.4 Å². The highest BCUT2D eigenvalue weighted by Crippen LogP contribution is 2.56. The van der Waals surface area contributed by atoms with Crippen LogP contribution in [0.25, 0.3) is 10.4 Å². The quantitative estimate of drug-likeness (QED) is 0.211. The van der Waals surface area contributed by atoms with E-state index in [1.807, 2.05) is 0 Å². The first-order valence-electron chi connectivity index (χ1n) is 10.5. The summed E-state index contributed by atoms with van der Waals surface area (Å²) in [7, 11) is 1.20. The Morgan fingerprint density at radius 2 is 1.64 bits per heavy atom. The maximum Gasteiger partial charge on any atom is 0.416 e. The van der Waals surface area contributed by atoms with Gasteiger partial charge in [-0.2, -0.15) is 0 Å². The lowest BCUT2D eigenvalue weighted by Crippen LogP contribution is -2.57. The Labute approximate surface area is 192 Å². The van der Waals surface area contributed by atoms with Gasteiger partial charge in [0.05, 0.1) is 12.8 Å². The number of likely N-dealkylation sites (tertiary alicyclic amines) is 1. The summed E-state index contributed by atoms with van der Waals surface area (Å²) in [5.41, 5.74) is 7.22. The fourth-order valence-electron chi connectivity index (χ4n) is 4.28. The van der Waals surface area contributed by atoms with Gasteiger partial charge in [-0.05, 0) is 65.1 Å². The Hall–Kier alpha value is -3.46. The van der Waals surface area contributed by atoms with Crippen molar-refractivity contribution in [2.75, 3.05) is 12.0 Å². The van der Waals surface area contributed by atoms with Crippen LogP contribution in [0.4, 0.5) is 15.3 Å². The van der Waals surface area contributed by atoms with Crippen molar-refractivity contribution >= 4 is 23.8 Å². The van der Waals surface area contributed by atoms with Crippen molar-refractivity contribution < 1.29 is 28.6 Å². The molecule has 178 valence electrons. The normalized spacial score (nSPS) is 23.8. The number of benzene rings is 1. The second kappa shape index (κ2) is 8.15. The lowest BCUT2D eigenvalue weighted by atomic mass is 9.88. The predicted octanol–water partition coefficient (Wildman–Crippen LogP) is 4.46. The monoisotopic (exact) mass is 459 g/mol. The molecule has 1 aromatic rings. The number of azide groups is 1. The number of hydrogen-bond donors (Lipinski definition) is 0. The zero-order valence-corrected chi connectivity index (χ0v) is 19.9. The molecule has 0 N–H and O–H groups in total. The molecule has 2 aliphatic heterocycles. The molecule has 0 spiro atoms. The third kappa shape index (κ3) is 4.28. The number of methoxy groups -OCH3 is 1. The lowest BCUT2D eigenvalue weighted by molar-refractivity contribution is -0.146. The van der Waals surface area contributed by atoms with Crippen LogP contribution in [0.5, 0.6) is 0 Å². The fourth-order valence-corrected chi connectivity index (χ4v) is 4.28. The Kier molecular flexibility index (Phi) is 5.97. The molecule has 1 fully saturated rings. The standard InChI is InChI=1S/C22H29N5O6/c1-20(2,3)32-18(29)26-14-11-9-8-10-13(14)22(24-25-23)12-15(16(28)31-7)27(17(22)26)19(30)33-21(4,5)6/h8-11,15,17H,12H2,1-7H3/t15-,17+,22-/m1/s1. The van der Waals surface area contributed by atoms with Gasteiger partial charge in [-0.25, -0.2) is 14.4 Å². The number of rotatable bonds is 2. The highest BCUT2D eigenvalue weighted by molar-refractivity contribution is 5.95. The molecule has 11 heteroatoms. The minimum absolute atomic E-state index is 0.0933. The van der Waals surface area contributed by atoms with E-state index in [9.17, 15) is 19.9 Å². The van der Waals surface area contributed by atoms with E-state index in [4.69, 9.17) is 14.2 Å². The fraction of sp³-hybridized carbons (Fsp3) is 0.591. The Morgan fingerprint density at radius 3 is 2.18 bits per heavy atom. The number of hydrogen-bond acceptors (Lipinski definition) is 7. The van der Waals surface area contributed by atoms with Crippen molar-refractivity contribution in [3.8, 4) is 0 Å². The first-order valence-corrected chi connectivity index (χ1v) is 10.5. The number of carbonyl (C=O) groups excluding carboxylic acids is 3. The molecule has 0 aromatic heterocycles. The number of nitrogens with zero attached hydrogens (tertiary/aromatic N) is 5. The van der Waals surface area contributed by atoms with Crippen molar-refractivity contribution in [3.63, 3.8) is 0 Å². The van der Waals surface area contributed by atoms with Crippen LogP contribution in [0, 0.1) is 0 Å². The molecular weight excluding hydrogens is 430 g/mol. The van der Waals surface area contributed by atoms with Crippen LogP contribution in [-0.4, -0.2) is 53.6 Å². The maximum atomic E-state index is 13.4. The van der Waals surface area contributed by atoms with E-state index in [0.29, 0.717) is 11.3 Å². The van der Waals surface area contributed by atoms with Gasteiger partial charge in [0.25, 0.3) is 0 Å². The van der Waals surface area contributed by atoms with E-state index in [0.717, 1.165) is 4.90 Å². The molecule has 1 saturated heterocycles. The number of carbonyl (C=O) groups is 3. The second-order valence-electron chi connectivity index (χ2n) is 9.99. The van der Waals surface area contributed by atoms with Gasteiger partial charge in [0, 0.05) is 4.91 Å². The average molecular weight is 460 g/mol. The zero-order valence-electron chi connectivity index (χ0n) is 19.9. The van der Waals surface area contributed by atoms with Crippen molar-refractivity contribution in [1.29, 1.82) is 0 Å². The van der Waals surface area contributed by atoms with Gasteiger partial charge in [0.1, 0.15) is 28.9 Å². The summed E-state index contributed by atoms with van der Waals surface area (Å²) in [6.07, 6.45) is -2.89. The van der Waals surface area contributed by atoms with Crippen molar-refractivity contribution in [1.82, 2.24) is 4.90 Å². The summed E-state index contributed by atoms with van der Waals surface area (Å²) in [4.78, 5) is 44.9. The van der Waals surface area contributed by atoms with Gasteiger partial charge in [0.15, 0.2) is 0 Å². The molecular formula is C22H29N5O6. The number of esters is 1. The minimum atomic E-state index is -1.45. The smallest absolute Gasteiger partial charge is 0.416 e. The molecule has 33 heavy (non-hydrogen) atoms. The molecule has 3 rings (SSSR count). The van der Waals surface area contributed by atoms with Gasteiger partial charge in [0.2, 0.25) is 0 Å². The maximum absolute atomic E-state index is 13.4. The summed E-state index contributed by atoms with van der Waals surface area (Å²) >= 11 is 0. The Balaban J connectivity index is 2.26. The van der Waals surface area contributed by atoms with Gasteiger partial charge < -0.3 is 14.2 Å². The van der Waals surface area contributed by atoms with Crippen molar-refractivity contribution in [2.24, 2.45) is 5.11 Å². The molecule has 2 amide bonds. The Morgan fingerprint density at radius 1 is 1.06 bits per heavy atom. The first kappa shape index (κ1) is 24.2. The minimum Gasteiger partial charge on any atom is -0.467 e. The molecule has 1 aromatic carbocycles. The van der Waals surface area contributed by atoms with E-state index >= 15 is 0 Å². The molecule has 3 atom stereocenters. The van der Waals surface area contributed by atoms with E-state index in [-0.39, 0.29) is 6.42 Å². The van der Waals surface area contributed by atoms with E-state index in [1.54, 1.807) is 65.8 Å².